The van der Waals surface area contributed by atoms with Gasteiger partial charge in [-0.15, -0.1) is 0 Å². The van der Waals surface area contributed by atoms with Crippen molar-refractivity contribution in [2.45, 2.75) is 37.9 Å². The molecule has 0 unspecified atom stereocenters. The van der Waals surface area contributed by atoms with E-state index in [4.69, 9.17) is 0 Å². The second kappa shape index (κ2) is 9.08. The zero-order valence-electron chi connectivity index (χ0n) is 15.8. The standard InChI is InChI=1S/C20H26N4O2S/c1-24-18(22-19(25)15-8-4-3-5-9-15)12-17(23-24)20(26)21-16-10-6-7-14(11-16)13-27-2/h6-7,10-12,15H,3-5,8-9,13H2,1-2H3,(H,21,26)(H,22,25). The number of carbonyl (C=O) groups excluding carboxylic acids is 2. The quantitative estimate of drug-likeness (QED) is 0.785. The van der Waals surface area contributed by atoms with E-state index in [0.717, 1.165) is 42.7 Å². The smallest absolute Gasteiger partial charge is 0.276 e. The molecular weight excluding hydrogens is 360 g/mol. The van der Waals surface area contributed by atoms with E-state index in [9.17, 15) is 9.59 Å². The van der Waals surface area contributed by atoms with Crippen LogP contribution < -0.4 is 10.6 Å². The Balaban J connectivity index is 1.65. The molecule has 1 aromatic heterocycles. The monoisotopic (exact) mass is 386 g/mol. The van der Waals surface area contributed by atoms with Gasteiger partial charge in [-0.2, -0.15) is 16.9 Å². The van der Waals surface area contributed by atoms with Gasteiger partial charge in [0.1, 0.15) is 5.82 Å². The highest BCUT2D eigenvalue weighted by Crippen LogP contribution is 2.25. The Morgan fingerprint density at radius 1 is 1.19 bits per heavy atom. The van der Waals surface area contributed by atoms with Crippen LogP contribution in [-0.2, 0) is 17.6 Å². The molecule has 6 nitrogen and oxygen atoms in total. The van der Waals surface area contributed by atoms with Crippen molar-refractivity contribution in [1.29, 1.82) is 0 Å². The van der Waals surface area contributed by atoms with Crippen molar-refractivity contribution in [1.82, 2.24) is 9.78 Å². The summed E-state index contributed by atoms with van der Waals surface area (Å²) in [7, 11) is 1.73. The number of anilines is 2. The Kier molecular flexibility index (Phi) is 6.55. The van der Waals surface area contributed by atoms with E-state index < -0.39 is 0 Å². The van der Waals surface area contributed by atoms with Gasteiger partial charge < -0.3 is 10.6 Å². The molecule has 0 radical (unpaired) electrons. The van der Waals surface area contributed by atoms with Gasteiger partial charge >= 0.3 is 0 Å². The summed E-state index contributed by atoms with van der Waals surface area (Å²) in [5.41, 5.74) is 2.18. The lowest BCUT2D eigenvalue weighted by molar-refractivity contribution is -0.120. The first kappa shape index (κ1) is 19.5. The second-order valence-corrected chi connectivity index (χ2v) is 7.82. The minimum atomic E-state index is -0.287. The number of hydrogen-bond donors (Lipinski definition) is 2. The molecule has 0 spiro atoms. The molecule has 1 fully saturated rings. The number of benzene rings is 1. The Labute approximate surface area is 164 Å². The summed E-state index contributed by atoms with van der Waals surface area (Å²) in [6.45, 7) is 0. The van der Waals surface area contributed by atoms with Crippen LogP contribution in [0.5, 0.6) is 0 Å². The van der Waals surface area contributed by atoms with Crippen molar-refractivity contribution in [3.63, 3.8) is 0 Å². The van der Waals surface area contributed by atoms with Crippen LogP contribution in [0.1, 0.15) is 48.2 Å². The highest BCUT2D eigenvalue weighted by atomic mass is 32.2. The molecule has 3 rings (SSSR count). The van der Waals surface area contributed by atoms with Gasteiger partial charge in [0.05, 0.1) is 0 Å². The van der Waals surface area contributed by atoms with Crippen LogP contribution >= 0.6 is 11.8 Å². The molecule has 27 heavy (non-hydrogen) atoms. The molecule has 0 bridgehead atoms. The number of hydrogen-bond acceptors (Lipinski definition) is 4. The molecule has 2 aromatic rings. The first-order chi connectivity index (χ1) is 13.1. The van der Waals surface area contributed by atoms with E-state index in [1.165, 1.54) is 6.42 Å². The van der Waals surface area contributed by atoms with Crippen LogP contribution in [0.3, 0.4) is 0 Å². The number of thioether (sulfide) groups is 1. The number of nitrogens with one attached hydrogen (secondary N) is 2. The van der Waals surface area contributed by atoms with E-state index in [0.29, 0.717) is 5.82 Å². The summed E-state index contributed by atoms with van der Waals surface area (Å²) in [5, 5.41) is 10.1. The molecule has 1 saturated carbocycles. The Bertz CT molecular complexity index is 812. The first-order valence-electron chi connectivity index (χ1n) is 9.31. The molecule has 1 heterocycles. The van der Waals surface area contributed by atoms with Gasteiger partial charge in [0.15, 0.2) is 5.69 Å². The van der Waals surface area contributed by atoms with Crippen molar-refractivity contribution in [3.8, 4) is 0 Å². The van der Waals surface area contributed by atoms with Crippen LogP contribution in [0.2, 0.25) is 0 Å². The molecule has 0 saturated heterocycles. The third kappa shape index (κ3) is 5.13. The molecule has 7 heteroatoms. The van der Waals surface area contributed by atoms with Gasteiger partial charge in [-0.3, -0.25) is 14.3 Å². The fourth-order valence-electron chi connectivity index (χ4n) is 3.39. The predicted octanol–water partition coefficient (Wildman–Crippen LogP) is 4.05. The Morgan fingerprint density at radius 2 is 1.96 bits per heavy atom. The molecule has 144 valence electrons. The number of carbonyl (C=O) groups is 2. The summed E-state index contributed by atoms with van der Waals surface area (Å²) in [5.74, 6) is 1.24. The summed E-state index contributed by atoms with van der Waals surface area (Å²) >= 11 is 1.73. The third-order valence-corrected chi connectivity index (χ3v) is 5.46. The number of aryl methyl sites for hydroxylation is 1. The summed E-state index contributed by atoms with van der Waals surface area (Å²) in [6.07, 6.45) is 7.33. The maximum Gasteiger partial charge on any atom is 0.276 e. The van der Waals surface area contributed by atoms with Gasteiger partial charge in [-0.05, 0) is 36.8 Å². The lowest BCUT2D eigenvalue weighted by Crippen LogP contribution is -2.25. The highest BCUT2D eigenvalue weighted by molar-refractivity contribution is 7.97. The van der Waals surface area contributed by atoms with Gasteiger partial charge in [0, 0.05) is 30.5 Å². The molecule has 1 aliphatic carbocycles. The fraction of sp³-hybridized carbons (Fsp3) is 0.450. The van der Waals surface area contributed by atoms with Gasteiger partial charge in [0.2, 0.25) is 5.91 Å². The van der Waals surface area contributed by atoms with Gasteiger partial charge in [0.25, 0.3) is 5.91 Å². The molecular formula is C20H26N4O2S. The van der Waals surface area contributed by atoms with E-state index in [1.54, 1.807) is 29.6 Å². The van der Waals surface area contributed by atoms with Crippen molar-refractivity contribution < 1.29 is 9.59 Å². The number of nitrogens with zero attached hydrogens (tertiary/aromatic N) is 2. The molecule has 0 aliphatic heterocycles. The molecule has 0 atom stereocenters. The van der Waals surface area contributed by atoms with Crippen LogP contribution in [0.15, 0.2) is 30.3 Å². The van der Waals surface area contributed by atoms with Gasteiger partial charge in [-0.25, -0.2) is 0 Å². The third-order valence-electron chi connectivity index (χ3n) is 4.84. The van der Waals surface area contributed by atoms with Crippen molar-refractivity contribution in [3.05, 3.63) is 41.6 Å². The lowest BCUT2D eigenvalue weighted by atomic mass is 9.89. The van der Waals surface area contributed by atoms with Crippen LogP contribution in [0.25, 0.3) is 0 Å². The Hall–Kier alpha value is -2.28. The minimum absolute atomic E-state index is 0.0226. The maximum atomic E-state index is 12.5. The van der Waals surface area contributed by atoms with E-state index >= 15 is 0 Å². The van der Waals surface area contributed by atoms with Crippen LogP contribution in [0, 0.1) is 5.92 Å². The average Bonchev–Trinajstić information content (AvgIpc) is 3.04. The summed E-state index contributed by atoms with van der Waals surface area (Å²) < 4.78 is 1.54. The van der Waals surface area contributed by atoms with Crippen LogP contribution in [0.4, 0.5) is 11.5 Å². The van der Waals surface area contributed by atoms with Crippen molar-refractivity contribution >= 4 is 35.1 Å². The van der Waals surface area contributed by atoms with Crippen LogP contribution in [-0.4, -0.2) is 27.9 Å². The lowest BCUT2D eigenvalue weighted by Gasteiger charge is -2.20. The normalized spacial score (nSPS) is 14.7. The van der Waals surface area contributed by atoms with E-state index in [2.05, 4.69) is 15.7 Å². The van der Waals surface area contributed by atoms with E-state index in [1.807, 2.05) is 30.5 Å². The predicted molar refractivity (Wildman–Crippen MR) is 110 cm³/mol. The number of amides is 2. The largest absolute Gasteiger partial charge is 0.321 e. The Morgan fingerprint density at radius 3 is 2.70 bits per heavy atom. The molecule has 1 aromatic carbocycles. The average molecular weight is 387 g/mol. The first-order valence-corrected chi connectivity index (χ1v) is 10.7. The maximum absolute atomic E-state index is 12.5. The van der Waals surface area contributed by atoms with Crippen molar-refractivity contribution in [2.24, 2.45) is 13.0 Å². The van der Waals surface area contributed by atoms with E-state index in [-0.39, 0.29) is 23.4 Å². The fourth-order valence-corrected chi connectivity index (χ4v) is 3.90. The molecule has 1 aliphatic rings. The molecule has 2 N–H and O–H groups in total. The molecule has 2 amide bonds. The van der Waals surface area contributed by atoms with Gasteiger partial charge in [-0.1, -0.05) is 31.4 Å². The SMILES string of the molecule is CSCc1cccc(NC(=O)c2cc(NC(=O)C3CCCCC3)n(C)n2)c1. The summed E-state index contributed by atoms with van der Waals surface area (Å²) in [6, 6.07) is 9.41. The zero-order valence-corrected chi connectivity index (χ0v) is 16.6. The topological polar surface area (TPSA) is 76.0 Å². The highest BCUT2D eigenvalue weighted by Gasteiger charge is 2.22. The zero-order chi connectivity index (χ0) is 19.2. The summed E-state index contributed by atoms with van der Waals surface area (Å²) in [4.78, 5) is 25.0. The minimum Gasteiger partial charge on any atom is -0.321 e. The second-order valence-electron chi connectivity index (χ2n) is 6.95. The van der Waals surface area contributed by atoms with Crippen molar-refractivity contribution in [2.75, 3.05) is 16.9 Å². The number of rotatable bonds is 6. The number of aromatic nitrogens is 2.